The van der Waals surface area contributed by atoms with Crippen LogP contribution in [0.15, 0.2) is 0 Å². The molecule has 0 saturated carbocycles. The average molecular weight is 265 g/mol. The summed E-state index contributed by atoms with van der Waals surface area (Å²) in [7, 11) is -2.88. The Balaban J connectivity index is 2.68. The van der Waals surface area contributed by atoms with Crippen LogP contribution in [0.25, 0.3) is 0 Å². The van der Waals surface area contributed by atoms with Gasteiger partial charge in [-0.2, -0.15) is 5.10 Å². The van der Waals surface area contributed by atoms with Gasteiger partial charge in [-0.1, -0.05) is 0 Å². The number of halogens is 1. The molecule has 0 bridgehead atoms. The minimum absolute atomic E-state index is 0.196. The van der Waals surface area contributed by atoms with Crippen molar-refractivity contribution in [1.82, 2.24) is 9.78 Å². The van der Waals surface area contributed by atoms with Crippen molar-refractivity contribution in [2.45, 2.75) is 32.7 Å². The maximum atomic E-state index is 11.0. The van der Waals surface area contributed by atoms with Crippen LogP contribution in [0.3, 0.4) is 0 Å². The van der Waals surface area contributed by atoms with Gasteiger partial charge < -0.3 is 0 Å². The fraction of sp³-hybridized carbons (Fsp3) is 0.700. The molecule has 1 rings (SSSR count). The fourth-order valence-corrected chi connectivity index (χ4v) is 2.66. The van der Waals surface area contributed by atoms with Gasteiger partial charge in [-0.15, -0.1) is 11.6 Å². The van der Waals surface area contributed by atoms with E-state index in [1.165, 1.54) is 6.26 Å². The molecule has 0 amide bonds. The number of sulfone groups is 1. The molecule has 0 aromatic carbocycles. The molecule has 0 saturated heterocycles. The van der Waals surface area contributed by atoms with Crippen molar-refractivity contribution in [1.29, 1.82) is 0 Å². The normalized spacial score (nSPS) is 12.0. The molecule has 1 aromatic heterocycles. The number of nitrogens with zero attached hydrogens (tertiary/aromatic N) is 2. The summed E-state index contributed by atoms with van der Waals surface area (Å²) < 4.78 is 23.8. The van der Waals surface area contributed by atoms with Crippen molar-refractivity contribution in [2.24, 2.45) is 0 Å². The van der Waals surface area contributed by atoms with E-state index in [-0.39, 0.29) is 5.75 Å². The molecule has 1 heterocycles. The zero-order chi connectivity index (χ0) is 12.3. The van der Waals surface area contributed by atoms with Gasteiger partial charge in [0, 0.05) is 24.1 Å². The van der Waals surface area contributed by atoms with Gasteiger partial charge in [-0.3, -0.25) is 4.68 Å². The second-order valence-corrected chi connectivity index (χ2v) is 6.52. The van der Waals surface area contributed by atoms with Crippen molar-refractivity contribution < 1.29 is 8.42 Å². The van der Waals surface area contributed by atoms with E-state index in [2.05, 4.69) is 5.10 Å². The lowest BCUT2D eigenvalue weighted by molar-refractivity contribution is 0.566. The van der Waals surface area contributed by atoms with Crippen molar-refractivity contribution in [3.05, 3.63) is 17.0 Å². The molecule has 6 heteroatoms. The quantitative estimate of drug-likeness (QED) is 0.761. The van der Waals surface area contributed by atoms with Gasteiger partial charge in [0.25, 0.3) is 0 Å². The van der Waals surface area contributed by atoms with Crippen molar-refractivity contribution in [2.75, 3.05) is 12.0 Å². The first kappa shape index (κ1) is 13.5. The molecule has 4 nitrogen and oxygen atoms in total. The predicted molar refractivity (Wildman–Crippen MR) is 65.6 cm³/mol. The summed E-state index contributed by atoms with van der Waals surface area (Å²) in [4.78, 5) is 0. The molecular formula is C10H17ClN2O2S. The minimum Gasteiger partial charge on any atom is -0.269 e. The van der Waals surface area contributed by atoms with Gasteiger partial charge in [0.15, 0.2) is 0 Å². The standard InChI is InChI=1S/C10H17ClN2O2S/c1-8-10(7-11)9(2)13(12-8)5-4-6-16(3,14)15/h4-7H2,1-3H3. The van der Waals surface area contributed by atoms with Crippen LogP contribution >= 0.6 is 11.6 Å². The number of aromatic nitrogens is 2. The first-order valence-electron chi connectivity index (χ1n) is 5.11. The fourth-order valence-electron chi connectivity index (χ4n) is 1.62. The highest BCUT2D eigenvalue weighted by atomic mass is 35.5. The molecule has 0 aliphatic heterocycles. The van der Waals surface area contributed by atoms with Crippen LogP contribution in [0, 0.1) is 13.8 Å². The van der Waals surface area contributed by atoms with Gasteiger partial charge in [0.1, 0.15) is 9.84 Å². The van der Waals surface area contributed by atoms with Crippen LogP contribution < -0.4 is 0 Å². The van der Waals surface area contributed by atoms with Crippen LogP contribution in [-0.4, -0.2) is 30.2 Å². The molecule has 0 radical (unpaired) electrons. The summed E-state index contributed by atoms with van der Waals surface area (Å²) in [6.07, 6.45) is 1.83. The van der Waals surface area contributed by atoms with Gasteiger partial charge in [-0.05, 0) is 20.3 Å². The lowest BCUT2D eigenvalue weighted by Crippen LogP contribution is -2.09. The van der Waals surface area contributed by atoms with Gasteiger partial charge in [0.05, 0.1) is 17.3 Å². The number of aryl methyl sites for hydroxylation is 2. The first-order valence-corrected chi connectivity index (χ1v) is 7.71. The smallest absolute Gasteiger partial charge is 0.147 e. The van der Waals surface area contributed by atoms with Crippen LogP contribution in [0.2, 0.25) is 0 Å². The SMILES string of the molecule is Cc1nn(CCCS(C)(=O)=O)c(C)c1CCl. The number of hydrogen-bond donors (Lipinski definition) is 0. The van der Waals surface area contributed by atoms with E-state index in [0.717, 1.165) is 17.0 Å². The summed E-state index contributed by atoms with van der Waals surface area (Å²) in [5, 5.41) is 4.34. The minimum atomic E-state index is -2.88. The summed E-state index contributed by atoms with van der Waals surface area (Å²) in [6, 6.07) is 0. The number of hydrogen-bond acceptors (Lipinski definition) is 3. The zero-order valence-corrected chi connectivity index (χ0v) is 11.4. The largest absolute Gasteiger partial charge is 0.269 e. The molecule has 0 aliphatic rings. The third-order valence-corrected chi connectivity index (χ3v) is 3.85. The van der Waals surface area contributed by atoms with E-state index in [0.29, 0.717) is 18.8 Å². The molecule has 0 aliphatic carbocycles. The Hall–Kier alpha value is -0.550. The second-order valence-electron chi connectivity index (χ2n) is 3.99. The van der Waals surface area contributed by atoms with Gasteiger partial charge >= 0.3 is 0 Å². The summed E-state index contributed by atoms with van der Waals surface area (Å²) >= 11 is 5.81. The van der Waals surface area contributed by atoms with E-state index in [1.54, 1.807) is 0 Å². The van der Waals surface area contributed by atoms with Gasteiger partial charge in [0.2, 0.25) is 0 Å². The Morgan fingerprint density at radius 3 is 2.44 bits per heavy atom. The highest BCUT2D eigenvalue weighted by Crippen LogP contribution is 2.15. The average Bonchev–Trinajstić information content (AvgIpc) is 2.40. The molecule has 0 fully saturated rings. The number of alkyl halides is 1. The maximum Gasteiger partial charge on any atom is 0.147 e. The lowest BCUT2D eigenvalue weighted by atomic mass is 10.2. The monoisotopic (exact) mass is 264 g/mol. The summed E-state index contributed by atoms with van der Waals surface area (Å²) in [5.41, 5.74) is 2.99. The van der Waals surface area contributed by atoms with Crippen molar-refractivity contribution in [3.8, 4) is 0 Å². The van der Waals surface area contributed by atoms with Crippen molar-refractivity contribution in [3.63, 3.8) is 0 Å². The van der Waals surface area contributed by atoms with Crippen molar-refractivity contribution >= 4 is 21.4 Å². The molecular weight excluding hydrogens is 248 g/mol. The van der Waals surface area contributed by atoms with E-state index >= 15 is 0 Å². The molecule has 0 atom stereocenters. The topological polar surface area (TPSA) is 52.0 Å². The Bertz CT molecular complexity index is 465. The van der Waals surface area contributed by atoms with Crippen LogP contribution in [0.1, 0.15) is 23.4 Å². The van der Waals surface area contributed by atoms with E-state index in [1.807, 2.05) is 18.5 Å². The molecule has 16 heavy (non-hydrogen) atoms. The molecule has 0 unspecified atom stereocenters. The molecule has 92 valence electrons. The van der Waals surface area contributed by atoms with Crippen LogP contribution in [-0.2, 0) is 22.3 Å². The molecule has 0 spiro atoms. The Morgan fingerprint density at radius 1 is 1.38 bits per heavy atom. The predicted octanol–water partition coefficient (Wildman–Crippen LogP) is 1.67. The van der Waals surface area contributed by atoms with Crippen LogP contribution in [0.4, 0.5) is 0 Å². The lowest BCUT2D eigenvalue weighted by Gasteiger charge is -2.04. The highest BCUT2D eigenvalue weighted by Gasteiger charge is 2.10. The summed E-state index contributed by atoms with van der Waals surface area (Å²) in [5.74, 6) is 0.644. The second kappa shape index (κ2) is 5.19. The Kier molecular flexibility index (Phi) is 4.38. The molecule has 1 aromatic rings. The van der Waals surface area contributed by atoms with E-state index < -0.39 is 9.84 Å². The first-order chi connectivity index (χ1) is 7.35. The van der Waals surface area contributed by atoms with E-state index in [4.69, 9.17) is 11.6 Å². The van der Waals surface area contributed by atoms with Crippen LogP contribution in [0.5, 0.6) is 0 Å². The highest BCUT2D eigenvalue weighted by molar-refractivity contribution is 7.90. The Morgan fingerprint density at radius 2 is 2.00 bits per heavy atom. The number of rotatable bonds is 5. The maximum absolute atomic E-state index is 11.0. The molecule has 0 N–H and O–H groups in total. The summed E-state index contributed by atoms with van der Waals surface area (Å²) in [6.45, 7) is 4.49. The Labute approximate surface area is 102 Å². The third-order valence-electron chi connectivity index (χ3n) is 2.55. The third kappa shape index (κ3) is 3.49. The van der Waals surface area contributed by atoms with E-state index in [9.17, 15) is 8.42 Å². The zero-order valence-electron chi connectivity index (χ0n) is 9.83. The van der Waals surface area contributed by atoms with Gasteiger partial charge in [-0.25, -0.2) is 8.42 Å².